The van der Waals surface area contributed by atoms with Crippen molar-refractivity contribution in [2.24, 2.45) is 7.05 Å². The molecule has 25 heavy (non-hydrogen) atoms. The van der Waals surface area contributed by atoms with E-state index in [1.807, 2.05) is 20.0 Å². The minimum absolute atomic E-state index is 0.156. The van der Waals surface area contributed by atoms with Crippen molar-refractivity contribution in [2.45, 2.75) is 25.8 Å². The lowest BCUT2D eigenvalue weighted by molar-refractivity contribution is 0.223. The number of hydrogen-bond donors (Lipinski definition) is 2. The second-order valence-corrected chi connectivity index (χ2v) is 6.53. The van der Waals surface area contributed by atoms with Gasteiger partial charge in [-0.15, -0.1) is 0 Å². The van der Waals surface area contributed by atoms with Crippen molar-refractivity contribution >= 4 is 22.8 Å². The molecule has 0 aromatic carbocycles. The Labute approximate surface area is 146 Å². The molecule has 0 radical (unpaired) electrons. The van der Waals surface area contributed by atoms with Gasteiger partial charge in [-0.2, -0.15) is 15.1 Å². The summed E-state index contributed by atoms with van der Waals surface area (Å²) in [6, 6.07) is 4.22. The number of nitrogens with zero attached hydrogens (tertiary/aromatic N) is 5. The smallest absolute Gasteiger partial charge is 0.226 e. The van der Waals surface area contributed by atoms with Crippen molar-refractivity contribution < 1.29 is 4.42 Å². The van der Waals surface area contributed by atoms with Crippen molar-refractivity contribution in [1.29, 1.82) is 0 Å². The topological polar surface area (TPSA) is 98.0 Å². The highest BCUT2D eigenvalue weighted by atomic mass is 16.3. The lowest BCUT2D eigenvalue weighted by Gasteiger charge is -2.26. The van der Waals surface area contributed by atoms with Crippen molar-refractivity contribution in [1.82, 2.24) is 24.6 Å². The second kappa shape index (κ2) is 6.36. The van der Waals surface area contributed by atoms with Gasteiger partial charge in [0, 0.05) is 13.6 Å². The van der Waals surface area contributed by atoms with Crippen molar-refractivity contribution in [3.8, 4) is 0 Å². The molecule has 4 rings (SSSR count). The van der Waals surface area contributed by atoms with E-state index in [2.05, 4.69) is 31.3 Å². The first-order valence-electron chi connectivity index (χ1n) is 8.61. The number of nitrogen functional groups attached to an aromatic ring is 1. The van der Waals surface area contributed by atoms with E-state index in [0.717, 1.165) is 35.6 Å². The van der Waals surface area contributed by atoms with Gasteiger partial charge in [0.05, 0.1) is 17.6 Å². The molecule has 8 nitrogen and oxygen atoms in total. The fourth-order valence-electron chi connectivity index (χ4n) is 3.41. The normalized spacial score (nSPS) is 16.6. The van der Waals surface area contributed by atoms with Gasteiger partial charge in [-0.1, -0.05) is 0 Å². The number of rotatable bonds is 5. The van der Waals surface area contributed by atoms with E-state index in [-0.39, 0.29) is 6.04 Å². The van der Waals surface area contributed by atoms with Crippen LogP contribution in [0.3, 0.4) is 0 Å². The van der Waals surface area contributed by atoms with Crippen molar-refractivity contribution in [3.05, 3.63) is 29.9 Å². The Hall–Kier alpha value is -2.61. The highest BCUT2D eigenvalue weighted by Crippen LogP contribution is 2.27. The summed E-state index contributed by atoms with van der Waals surface area (Å²) in [5.74, 6) is 2.85. The number of nitrogens with one attached hydrogen (secondary N) is 1. The zero-order chi connectivity index (χ0) is 17.4. The molecule has 1 aliphatic heterocycles. The Morgan fingerprint density at radius 3 is 2.80 bits per heavy atom. The lowest BCUT2D eigenvalue weighted by atomic mass is 10.2. The van der Waals surface area contributed by atoms with Crippen molar-refractivity contribution in [2.75, 3.05) is 30.7 Å². The molecule has 0 amide bonds. The number of likely N-dealkylation sites (tertiary alicyclic amines) is 1. The molecular formula is C17H23N7O. The molecule has 0 saturated carbocycles. The fourth-order valence-corrected chi connectivity index (χ4v) is 3.41. The fraction of sp³-hybridized carbons (Fsp3) is 0.471. The molecule has 0 aliphatic carbocycles. The van der Waals surface area contributed by atoms with Gasteiger partial charge in [0.2, 0.25) is 5.95 Å². The third kappa shape index (κ3) is 3.05. The van der Waals surface area contributed by atoms with Crippen molar-refractivity contribution in [3.63, 3.8) is 0 Å². The van der Waals surface area contributed by atoms with E-state index < -0.39 is 0 Å². The second-order valence-electron chi connectivity index (χ2n) is 6.53. The standard InChI is InChI=1S/C17H23N7O/c1-11-5-6-14(25-11)13(24-7-3-4-8-24)10-19-17-21-15(18)12-9-20-23(2)16(12)22-17/h5-6,9,13H,3-4,7-8,10H2,1-2H3,(H3,18,19,21,22). The van der Waals surface area contributed by atoms with Crippen LogP contribution in [-0.4, -0.2) is 44.3 Å². The molecular weight excluding hydrogens is 318 g/mol. The largest absolute Gasteiger partial charge is 0.465 e. The minimum Gasteiger partial charge on any atom is -0.465 e. The number of fused-ring (bicyclic) bond motifs is 1. The van der Waals surface area contributed by atoms with Crippen LogP contribution >= 0.6 is 0 Å². The summed E-state index contributed by atoms with van der Waals surface area (Å²) in [6.45, 7) is 4.79. The third-order valence-electron chi connectivity index (χ3n) is 4.75. The van der Waals surface area contributed by atoms with Crippen LogP contribution in [0.15, 0.2) is 22.7 Å². The maximum atomic E-state index is 6.04. The van der Waals surface area contributed by atoms with E-state index in [1.165, 1.54) is 12.8 Å². The van der Waals surface area contributed by atoms with E-state index in [0.29, 0.717) is 18.3 Å². The molecule has 1 aliphatic rings. The maximum Gasteiger partial charge on any atom is 0.226 e. The summed E-state index contributed by atoms with van der Waals surface area (Å²) in [5, 5.41) is 8.29. The highest BCUT2D eigenvalue weighted by Gasteiger charge is 2.26. The number of aromatic nitrogens is 4. The first-order chi connectivity index (χ1) is 12.1. The number of nitrogens with two attached hydrogens (primary N) is 1. The summed E-state index contributed by atoms with van der Waals surface area (Å²) in [6.07, 6.45) is 4.13. The summed E-state index contributed by atoms with van der Waals surface area (Å²) < 4.78 is 7.59. The molecule has 3 aromatic heterocycles. The average Bonchev–Trinajstić information content (AvgIpc) is 3.31. The van der Waals surface area contributed by atoms with Gasteiger partial charge in [-0.25, -0.2) is 0 Å². The van der Waals surface area contributed by atoms with Crippen LogP contribution in [0.25, 0.3) is 11.0 Å². The Balaban J connectivity index is 1.57. The van der Waals surface area contributed by atoms with Gasteiger partial charge < -0.3 is 15.5 Å². The van der Waals surface area contributed by atoms with Crippen LogP contribution in [0.1, 0.15) is 30.4 Å². The van der Waals surface area contributed by atoms with Crippen LogP contribution in [0, 0.1) is 6.92 Å². The first-order valence-corrected chi connectivity index (χ1v) is 8.61. The maximum absolute atomic E-state index is 6.04. The van der Waals surface area contributed by atoms with Crippen LogP contribution in [0.2, 0.25) is 0 Å². The van der Waals surface area contributed by atoms with Crippen LogP contribution in [0.4, 0.5) is 11.8 Å². The van der Waals surface area contributed by atoms with Gasteiger partial charge >= 0.3 is 0 Å². The molecule has 1 saturated heterocycles. The predicted octanol–water partition coefficient (Wildman–Crippen LogP) is 2.10. The average molecular weight is 341 g/mol. The van der Waals surface area contributed by atoms with Crippen LogP contribution in [0.5, 0.6) is 0 Å². The van der Waals surface area contributed by atoms with Gasteiger partial charge in [-0.3, -0.25) is 9.58 Å². The number of anilines is 2. The molecule has 0 bridgehead atoms. The molecule has 132 valence electrons. The molecule has 3 N–H and O–H groups in total. The molecule has 1 atom stereocenters. The Bertz CT molecular complexity index is 878. The van der Waals surface area contributed by atoms with E-state index in [9.17, 15) is 0 Å². The van der Waals surface area contributed by atoms with E-state index in [1.54, 1.807) is 10.9 Å². The SMILES string of the molecule is Cc1ccc(C(CNc2nc(N)c3cnn(C)c3n2)N2CCCC2)o1. The predicted molar refractivity (Wildman–Crippen MR) is 96.2 cm³/mol. The van der Waals surface area contributed by atoms with Gasteiger partial charge in [0.25, 0.3) is 0 Å². The van der Waals surface area contributed by atoms with Crippen LogP contribution < -0.4 is 11.1 Å². The summed E-state index contributed by atoms with van der Waals surface area (Å²) >= 11 is 0. The number of furan rings is 1. The molecule has 1 fully saturated rings. The summed E-state index contributed by atoms with van der Waals surface area (Å²) in [4.78, 5) is 11.3. The molecule has 4 heterocycles. The zero-order valence-electron chi connectivity index (χ0n) is 14.6. The van der Waals surface area contributed by atoms with Gasteiger partial charge in [-0.05, 0) is 45.0 Å². The van der Waals surface area contributed by atoms with Gasteiger partial charge in [0.15, 0.2) is 5.65 Å². The Morgan fingerprint density at radius 2 is 2.08 bits per heavy atom. The first kappa shape index (κ1) is 15.9. The minimum atomic E-state index is 0.156. The quantitative estimate of drug-likeness (QED) is 0.733. The Morgan fingerprint density at radius 1 is 1.28 bits per heavy atom. The van der Waals surface area contributed by atoms with E-state index >= 15 is 0 Å². The molecule has 3 aromatic rings. The third-order valence-corrected chi connectivity index (χ3v) is 4.75. The number of aryl methyl sites for hydroxylation is 2. The molecule has 0 spiro atoms. The highest BCUT2D eigenvalue weighted by molar-refractivity contribution is 5.86. The molecule has 1 unspecified atom stereocenters. The summed E-state index contributed by atoms with van der Waals surface area (Å²) in [7, 11) is 1.84. The lowest BCUT2D eigenvalue weighted by Crippen LogP contribution is -2.31. The molecule has 8 heteroatoms. The van der Waals surface area contributed by atoms with Gasteiger partial charge in [0.1, 0.15) is 17.3 Å². The summed E-state index contributed by atoms with van der Waals surface area (Å²) in [5.41, 5.74) is 6.76. The van der Waals surface area contributed by atoms with Crippen LogP contribution in [-0.2, 0) is 7.05 Å². The zero-order valence-corrected chi connectivity index (χ0v) is 14.6. The monoisotopic (exact) mass is 341 g/mol. The Kier molecular flexibility index (Phi) is 4.04. The number of hydrogen-bond acceptors (Lipinski definition) is 7. The van der Waals surface area contributed by atoms with E-state index in [4.69, 9.17) is 10.2 Å².